The van der Waals surface area contributed by atoms with Crippen LogP contribution in [-0.2, 0) is 11.2 Å². The van der Waals surface area contributed by atoms with Crippen LogP contribution in [0.2, 0.25) is 0 Å². The highest BCUT2D eigenvalue weighted by molar-refractivity contribution is 5.80. The molecule has 0 aromatic heterocycles. The zero-order valence-corrected chi connectivity index (χ0v) is 15.2. The molecule has 3 fully saturated rings. The second-order valence-electron chi connectivity index (χ2n) is 7.70. The first-order valence-corrected chi connectivity index (χ1v) is 9.74. The van der Waals surface area contributed by atoms with Gasteiger partial charge in [0.15, 0.2) is 5.96 Å². The maximum atomic E-state index is 13.8. The summed E-state index contributed by atoms with van der Waals surface area (Å²) in [5.41, 5.74) is 0.652. The largest absolute Gasteiger partial charge is 0.377 e. The van der Waals surface area contributed by atoms with Gasteiger partial charge in [0.1, 0.15) is 11.6 Å². The predicted molar refractivity (Wildman–Crippen MR) is 97.1 cm³/mol. The minimum absolute atomic E-state index is 0.284. The molecule has 1 saturated heterocycles. The lowest BCUT2D eigenvalue weighted by molar-refractivity contribution is -0.171. The number of nitrogens with zero attached hydrogens (tertiary/aromatic N) is 1. The van der Waals surface area contributed by atoms with Gasteiger partial charge >= 0.3 is 0 Å². The van der Waals surface area contributed by atoms with Crippen LogP contribution in [0.5, 0.6) is 0 Å². The van der Waals surface area contributed by atoms with E-state index in [0.29, 0.717) is 36.6 Å². The lowest BCUT2D eigenvalue weighted by atomic mass is 9.46. The van der Waals surface area contributed by atoms with Crippen LogP contribution < -0.4 is 10.6 Å². The van der Waals surface area contributed by atoms with E-state index in [-0.39, 0.29) is 11.2 Å². The van der Waals surface area contributed by atoms with Gasteiger partial charge in [-0.1, -0.05) is 6.42 Å². The van der Waals surface area contributed by atoms with Crippen molar-refractivity contribution in [2.45, 2.75) is 51.2 Å². The standard InChI is InChI=1S/C20H27F2N3O/c1-2-23-19(24-10-6-13-12-14(21)4-5-16(13)22)25-17-15-7-11-26-18(15)20(17)8-3-9-20/h4-5,12,15,17-18H,2-3,6-11H2,1H3,(H2,23,24,25). The SMILES string of the molecule is CCNC(=NCCc1cc(F)ccc1F)NC1C2CCOC2C12CCC2. The number of rotatable bonds is 5. The van der Waals surface area contributed by atoms with Gasteiger partial charge in [0, 0.05) is 37.1 Å². The van der Waals surface area contributed by atoms with Gasteiger partial charge < -0.3 is 15.4 Å². The van der Waals surface area contributed by atoms with Crippen molar-refractivity contribution < 1.29 is 13.5 Å². The first-order valence-electron chi connectivity index (χ1n) is 9.74. The van der Waals surface area contributed by atoms with E-state index in [4.69, 9.17) is 4.74 Å². The number of benzene rings is 1. The molecule has 26 heavy (non-hydrogen) atoms. The first kappa shape index (κ1) is 17.7. The molecule has 1 aromatic carbocycles. The second kappa shape index (κ2) is 7.14. The number of nitrogens with one attached hydrogen (secondary N) is 2. The van der Waals surface area contributed by atoms with Gasteiger partial charge in [-0.25, -0.2) is 8.78 Å². The van der Waals surface area contributed by atoms with Crippen LogP contribution in [0.4, 0.5) is 8.78 Å². The van der Waals surface area contributed by atoms with E-state index in [2.05, 4.69) is 15.6 Å². The predicted octanol–water partition coefficient (Wildman–Crippen LogP) is 3.02. The van der Waals surface area contributed by atoms with Gasteiger partial charge in [0.25, 0.3) is 0 Å². The van der Waals surface area contributed by atoms with Crippen LogP contribution in [0.3, 0.4) is 0 Å². The fraction of sp³-hybridized carbons (Fsp3) is 0.650. The number of guanidine groups is 1. The van der Waals surface area contributed by atoms with E-state index >= 15 is 0 Å². The highest BCUT2D eigenvalue weighted by Crippen LogP contribution is 2.62. The van der Waals surface area contributed by atoms with Crippen molar-refractivity contribution in [3.05, 3.63) is 35.4 Å². The molecule has 0 radical (unpaired) electrons. The summed E-state index contributed by atoms with van der Waals surface area (Å²) >= 11 is 0. The van der Waals surface area contributed by atoms with Gasteiger partial charge in [-0.2, -0.15) is 0 Å². The van der Waals surface area contributed by atoms with Gasteiger partial charge in [0.2, 0.25) is 0 Å². The monoisotopic (exact) mass is 363 g/mol. The van der Waals surface area contributed by atoms with Gasteiger partial charge in [-0.15, -0.1) is 0 Å². The average Bonchev–Trinajstić information content (AvgIpc) is 2.99. The summed E-state index contributed by atoms with van der Waals surface area (Å²) in [6.45, 7) is 4.08. The number of hydrogen-bond acceptors (Lipinski definition) is 2. The third-order valence-electron chi connectivity index (χ3n) is 6.33. The van der Waals surface area contributed by atoms with E-state index in [0.717, 1.165) is 31.6 Å². The average molecular weight is 363 g/mol. The summed E-state index contributed by atoms with van der Waals surface area (Å²) < 4.78 is 33.0. The Labute approximate surface area is 153 Å². The summed E-state index contributed by atoms with van der Waals surface area (Å²) in [6.07, 6.45) is 5.62. The van der Waals surface area contributed by atoms with Crippen LogP contribution in [0.25, 0.3) is 0 Å². The summed E-state index contributed by atoms with van der Waals surface area (Å²) in [6, 6.07) is 3.98. The summed E-state index contributed by atoms with van der Waals surface area (Å²) in [7, 11) is 0. The lowest BCUT2D eigenvalue weighted by Gasteiger charge is -2.63. The fourth-order valence-corrected chi connectivity index (χ4v) is 4.95. The molecule has 6 heteroatoms. The van der Waals surface area contributed by atoms with Crippen LogP contribution in [0, 0.1) is 23.0 Å². The van der Waals surface area contributed by atoms with Crippen molar-refractivity contribution in [2.24, 2.45) is 16.3 Å². The molecular formula is C20H27F2N3O. The molecule has 2 aliphatic carbocycles. The van der Waals surface area contributed by atoms with Gasteiger partial charge in [0.05, 0.1) is 6.10 Å². The van der Waals surface area contributed by atoms with Crippen molar-refractivity contribution in [3.63, 3.8) is 0 Å². The highest BCUT2D eigenvalue weighted by Gasteiger charge is 2.66. The Hall–Kier alpha value is -1.69. The van der Waals surface area contributed by atoms with E-state index < -0.39 is 5.82 Å². The first-order chi connectivity index (χ1) is 12.6. The number of hydrogen-bond donors (Lipinski definition) is 2. The smallest absolute Gasteiger partial charge is 0.191 e. The third-order valence-corrected chi connectivity index (χ3v) is 6.33. The Kier molecular flexibility index (Phi) is 4.86. The Bertz CT molecular complexity index is 690. The normalized spacial score (nSPS) is 29.0. The van der Waals surface area contributed by atoms with Crippen molar-refractivity contribution in [2.75, 3.05) is 19.7 Å². The molecule has 142 valence electrons. The Morgan fingerprint density at radius 3 is 2.92 bits per heavy atom. The van der Waals surface area contributed by atoms with Crippen molar-refractivity contribution in [3.8, 4) is 0 Å². The number of ether oxygens (including phenoxy) is 1. The van der Waals surface area contributed by atoms with E-state index in [1.54, 1.807) is 0 Å². The van der Waals surface area contributed by atoms with Crippen LogP contribution in [0.1, 0.15) is 38.2 Å². The summed E-state index contributed by atoms with van der Waals surface area (Å²) in [5.74, 6) is 0.549. The molecule has 2 saturated carbocycles. The molecule has 4 rings (SSSR count). The molecule has 3 aliphatic rings. The van der Waals surface area contributed by atoms with Gasteiger partial charge in [-0.3, -0.25) is 4.99 Å². The zero-order chi connectivity index (χ0) is 18.1. The quantitative estimate of drug-likeness (QED) is 0.624. The maximum Gasteiger partial charge on any atom is 0.191 e. The molecule has 1 aliphatic heterocycles. The molecule has 0 amide bonds. The minimum atomic E-state index is -0.413. The second-order valence-corrected chi connectivity index (χ2v) is 7.70. The van der Waals surface area contributed by atoms with Gasteiger partial charge in [-0.05, 0) is 56.4 Å². The Morgan fingerprint density at radius 1 is 1.35 bits per heavy atom. The Morgan fingerprint density at radius 2 is 2.19 bits per heavy atom. The lowest BCUT2D eigenvalue weighted by Crippen LogP contribution is -2.72. The van der Waals surface area contributed by atoms with E-state index in [9.17, 15) is 8.78 Å². The summed E-state index contributed by atoms with van der Waals surface area (Å²) in [5, 5.41) is 6.91. The maximum absolute atomic E-state index is 13.8. The molecule has 1 aromatic rings. The Balaban J connectivity index is 1.41. The molecular weight excluding hydrogens is 336 g/mol. The number of halogens is 2. The summed E-state index contributed by atoms with van der Waals surface area (Å²) in [4.78, 5) is 4.60. The molecule has 2 N–H and O–H groups in total. The molecule has 0 bridgehead atoms. The van der Waals surface area contributed by atoms with Crippen LogP contribution >= 0.6 is 0 Å². The van der Waals surface area contributed by atoms with Crippen molar-refractivity contribution in [1.82, 2.24) is 10.6 Å². The molecule has 1 spiro atoms. The molecule has 4 nitrogen and oxygen atoms in total. The number of fused-ring (bicyclic) bond motifs is 2. The molecule has 3 unspecified atom stereocenters. The van der Waals surface area contributed by atoms with Crippen LogP contribution in [0.15, 0.2) is 23.2 Å². The van der Waals surface area contributed by atoms with Crippen molar-refractivity contribution in [1.29, 1.82) is 0 Å². The topological polar surface area (TPSA) is 45.7 Å². The van der Waals surface area contributed by atoms with Crippen molar-refractivity contribution >= 4 is 5.96 Å². The van der Waals surface area contributed by atoms with E-state index in [1.807, 2.05) is 6.92 Å². The molecule has 3 atom stereocenters. The fourth-order valence-electron chi connectivity index (χ4n) is 4.95. The zero-order valence-electron chi connectivity index (χ0n) is 15.2. The molecule has 1 heterocycles. The van der Waals surface area contributed by atoms with Crippen LogP contribution in [-0.4, -0.2) is 37.8 Å². The highest BCUT2D eigenvalue weighted by atomic mass is 19.1. The minimum Gasteiger partial charge on any atom is -0.377 e. The van der Waals surface area contributed by atoms with E-state index in [1.165, 1.54) is 31.4 Å². The number of aliphatic imine (C=N–C) groups is 1. The third kappa shape index (κ3) is 2.98.